The van der Waals surface area contributed by atoms with Crippen LogP contribution in [0.25, 0.3) is 0 Å². The van der Waals surface area contributed by atoms with E-state index < -0.39 is 11.6 Å². The van der Waals surface area contributed by atoms with E-state index in [1.807, 2.05) is 0 Å². The van der Waals surface area contributed by atoms with Crippen molar-refractivity contribution in [2.75, 3.05) is 0 Å². The standard InChI is InChI=1S/C13H14F2O2/c14-11-5-10(6-12(15)7-11)9-1-3-13(4-2-9)17-8-16/h5-9,13H,1-4H2. The van der Waals surface area contributed by atoms with Gasteiger partial charge in [-0.3, -0.25) is 4.79 Å². The van der Waals surface area contributed by atoms with E-state index in [1.54, 1.807) is 0 Å². The lowest BCUT2D eigenvalue weighted by molar-refractivity contribution is -0.135. The van der Waals surface area contributed by atoms with E-state index >= 15 is 0 Å². The molecule has 0 unspecified atom stereocenters. The summed E-state index contributed by atoms with van der Waals surface area (Å²) in [6, 6.07) is 3.65. The fourth-order valence-corrected chi connectivity index (χ4v) is 2.42. The Morgan fingerprint density at radius 2 is 1.65 bits per heavy atom. The van der Waals surface area contributed by atoms with Gasteiger partial charge in [0.1, 0.15) is 17.7 Å². The normalized spacial score (nSPS) is 24.4. The van der Waals surface area contributed by atoms with Crippen molar-refractivity contribution in [3.63, 3.8) is 0 Å². The number of carbonyl (C=O) groups is 1. The van der Waals surface area contributed by atoms with Crippen molar-refractivity contribution in [3.05, 3.63) is 35.4 Å². The molecule has 1 aromatic rings. The van der Waals surface area contributed by atoms with Gasteiger partial charge in [-0.15, -0.1) is 0 Å². The summed E-state index contributed by atoms with van der Waals surface area (Å²) in [4.78, 5) is 10.2. The van der Waals surface area contributed by atoms with Crippen LogP contribution < -0.4 is 0 Å². The molecule has 1 aliphatic rings. The first-order valence-corrected chi connectivity index (χ1v) is 5.74. The number of carbonyl (C=O) groups excluding carboxylic acids is 1. The highest BCUT2D eigenvalue weighted by atomic mass is 19.1. The second-order valence-electron chi connectivity index (χ2n) is 4.41. The van der Waals surface area contributed by atoms with Gasteiger partial charge in [0.25, 0.3) is 6.47 Å². The predicted octanol–water partition coefficient (Wildman–Crippen LogP) is 3.16. The molecule has 92 valence electrons. The summed E-state index contributed by atoms with van der Waals surface area (Å²) in [5.74, 6) is -0.913. The van der Waals surface area contributed by atoms with Crippen LogP contribution in [0.1, 0.15) is 37.2 Å². The Labute approximate surface area is 98.6 Å². The summed E-state index contributed by atoms with van der Waals surface area (Å²) in [6.45, 7) is 0.465. The van der Waals surface area contributed by atoms with Crippen LogP contribution in [0.2, 0.25) is 0 Å². The summed E-state index contributed by atoms with van der Waals surface area (Å²) >= 11 is 0. The number of hydrogen-bond acceptors (Lipinski definition) is 2. The third-order valence-corrected chi connectivity index (χ3v) is 3.28. The molecule has 0 N–H and O–H groups in total. The lowest BCUT2D eigenvalue weighted by atomic mass is 9.82. The molecule has 1 saturated carbocycles. The zero-order chi connectivity index (χ0) is 12.3. The van der Waals surface area contributed by atoms with E-state index in [1.165, 1.54) is 12.1 Å². The van der Waals surface area contributed by atoms with Crippen LogP contribution in [0.5, 0.6) is 0 Å². The van der Waals surface area contributed by atoms with Gasteiger partial charge in [-0.05, 0) is 49.3 Å². The van der Waals surface area contributed by atoms with Gasteiger partial charge in [-0.25, -0.2) is 8.78 Å². The smallest absolute Gasteiger partial charge is 0.293 e. The Morgan fingerprint density at radius 3 is 2.18 bits per heavy atom. The van der Waals surface area contributed by atoms with Crippen LogP contribution in [0.15, 0.2) is 18.2 Å². The average Bonchev–Trinajstić information content (AvgIpc) is 2.29. The van der Waals surface area contributed by atoms with Crippen LogP contribution in [-0.4, -0.2) is 12.6 Å². The molecule has 4 heteroatoms. The lowest BCUT2D eigenvalue weighted by Gasteiger charge is -2.27. The number of rotatable bonds is 3. The quantitative estimate of drug-likeness (QED) is 0.758. The summed E-state index contributed by atoms with van der Waals surface area (Å²) in [6.07, 6.45) is 3.05. The maximum absolute atomic E-state index is 13.1. The number of hydrogen-bond donors (Lipinski definition) is 0. The Bertz CT molecular complexity index is 378. The lowest BCUT2D eigenvalue weighted by Crippen LogP contribution is -2.20. The van der Waals surface area contributed by atoms with Gasteiger partial charge in [0.15, 0.2) is 0 Å². The molecule has 0 bridgehead atoms. The van der Waals surface area contributed by atoms with Crippen molar-refractivity contribution in [1.82, 2.24) is 0 Å². The fraction of sp³-hybridized carbons (Fsp3) is 0.462. The number of halogens is 2. The number of ether oxygens (including phenoxy) is 1. The van der Waals surface area contributed by atoms with Gasteiger partial charge < -0.3 is 4.74 Å². The molecule has 0 aliphatic heterocycles. The van der Waals surface area contributed by atoms with Crippen LogP contribution in [0.4, 0.5) is 8.78 Å². The van der Waals surface area contributed by atoms with Crippen molar-refractivity contribution >= 4 is 6.47 Å². The fourth-order valence-electron chi connectivity index (χ4n) is 2.42. The van der Waals surface area contributed by atoms with E-state index in [2.05, 4.69) is 0 Å². The van der Waals surface area contributed by atoms with Crippen LogP contribution in [0, 0.1) is 11.6 Å². The maximum atomic E-state index is 13.1. The first-order valence-electron chi connectivity index (χ1n) is 5.74. The Morgan fingerprint density at radius 1 is 1.06 bits per heavy atom. The van der Waals surface area contributed by atoms with Crippen molar-refractivity contribution in [2.45, 2.75) is 37.7 Å². The van der Waals surface area contributed by atoms with Crippen molar-refractivity contribution in [3.8, 4) is 0 Å². The molecule has 0 spiro atoms. The van der Waals surface area contributed by atoms with Gasteiger partial charge in [-0.2, -0.15) is 0 Å². The molecule has 0 radical (unpaired) electrons. The molecule has 0 heterocycles. The topological polar surface area (TPSA) is 26.3 Å². The minimum Gasteiger partial charge on any atom is -0.465 e. The Kier molecular flexibility index (Phi) is 3.71. The molecule has 17 heavy (non-hydrogen) atoms. The monoisotopic (exact) mass is 240 g/mol. The molecule has 0 aromatic heterocycles. The van der Waals surface area contributed by atoms with Crippen molar-refractivity contribution in [2.24, 2.45) is 0 Å². The summed E-state index contributed by atoms with van der Waals surface area (Å²) in [5.41, 5.74) is 0.701. The minimum atomic E-state index is -0.536. The van der Waals surface area contributed by atoms with E-state index in [-0.39, 0.29) is 12.0 Å². The number of benzene rings is 1. The first kappa shape index (κ1) is 12.0. The average molecular weight is 240 g/mol. The van der Waals surface area contributed by atoms with Crippen molar-refractivity contribution in [1.29, 1.82) is 0 Å². The largest absolute Gasteiger partial charge is 0.465 e. The molecule has 0 atom stereocenters. The van der Waals surface area contributed by atoms with Crippen LogP contribution >= 0.6 is 0 Å². The molecule has 1 aromatic carbocycles. The highest BCUT2D eigenvalue weighted by molar-refractivity contribution is 5.37. The molecular weight excluding hydrogens is 226 g/mol. The molecule has 1 aliphatic carbocycles. The molecule has 1 fully saturated rings. The van der Waals surface area contributed by atoms with Gasteiger partial charge >= 0.3 is 0 Å². The van der Waals surface area contributed by atoms with Crippen molar-refractivity contribution < 1.29 is 18.3 Å². The van der Waals surface area contributed by atoms with Crippen LogP contribution in [-0.2, 0) is 9.53 Å². The predicted molar refractivity (Wildman–Crippen MR) is 58.5 cm³/mol. The van der Waals surface area contributed by atoms with Gasteiger partial charge in [0.2, 0.25) is 0 Å². The van der Waals surface area contributed by atoms with E-state index in [0.717, 1.165) is 31.7 Å². The van der Waals surface area contributed by atoms with E-state index in [0.29, 0.717) is 12.0 Å². The van der Waals surface area contributed by atoms with Gasteiger partial charge in [0.05, 0.1) is 0 Å². The molecule has 2 rings (SSSR count). The zero-order valence-electron chi connectivity index (χ0n) is 9.36. The molecule has 0 amide bonds. The Hall–Kier alpha value is -1.45. The zero-order valence-corrected chi connectivity index (χ0v) is 9.36. The van der Waals surface area contributed by atoms with E-state index in [4.69, 9.17) is 4.74 Å². The summed E-state index contributed by atoms with van der Waals surface area (Å²) < 4.78 is 31.0. The third kappa shape index (κ3) is 3.02. The maximum Gasteiger partial charge on any atom is 0.293 e. The van der Waals surface area contributed by atoms with Gasteiger partial charge in [0, 0.05) is 6.07 Å². The van der Waals surface area contributed by atoms with Gasteiger partial charge in [-0.1, -0.05) is 0 Å². The summed E-state index contributed by atoms with van der Waals surface area (Å²) in [7, 11) is 0. The SMILES string of the molecule is O=COC1CCC(c2cc(F)cc(F)c2)CC1. The first-order chi connectivity index (χ1) is 8.19. The van der Waals surface area contributed by atoms with Crippen LogP contribution in [0.3, 0.4) is 0 Å². The third-order valence-electron chi connectivity index (χ3n) is 3.28. The summed E-state index contributed by atoms with van der Waals surface area (Å²) in [5, 5.41) is 0. The molecular formula is C13H14F2O2. The highest BCUT2D eigenvalue weighted by Gasteiger charge is 2.23. The Balaban J connectivity index is 2.02. The second kappa shape index (κ2) is 5.25. The van der Waals surface area contributed by atoms with E-state index in [9.17, 15) is 13.6 Å². The second-order valence-corrected chi connectivity index (χ2v) is 4.41. The minimum absolute atomic E-state index is 0.0397. The molecule has 0 saturated heterocycles. The highest BCUT2D eigenvalue weighted by Crippen LogP contribution is 2.34. The molecule has 2 nitrogen and oxygen atoms in total.